The summed E-state index contributed by atoms with van der Waals surface area (Å²) in [6, 6.07) is 4.19. The smallest absolute Gasteiger partial charge is 0.268 e. The lowest BCUT2D eigenvalue weighted by Crippen LogP contribution is -2.07. The Bertz CT molecular complexity index is 480. The second kappa shape index (κ2) is 3.58. The van der Waals surface area contributed by atoms with Crippen LogP contribution in [0.1, 0.15) is 11.7 Å². The molecule has 1 aromatic heterocycles. The fourth-order valence-corrected chi connectivity index (χ4v) is 1.53. The van der Waals surface area contributed by atoms with Gasteiger partial charge in [0.15, 0.2) is 0 Å². The number of aromatic amines is 1. The predicted octanol–water partition coefficient (Wildman–Crippen LogP) is 2.61. The molecule has 2 rings (SSSR count). The molecular weight excluding hydrogens is 207 g/mol. The monoisotopic (exact) mass is 215 g/mol. The zero-order valence-electron chi connectivity index (χ0n) is 7.55. The zero-order chi connectivity index (χ0) is 11.0. The molecule has 0 saturated carbocycles. The third-order valence-corrected chi connectivity index (χ3v) is 2.24. The number of hydrogen-bond acceptors (Lipinski definition) is 1. The Kier molecular flexibility index (Phi) is 2.40. The molecule has 0 saturated heterocycles. The topological polar surface area (TPSA) is 36.0 Å². The molecule has 1 unspecified atom stereocenters. The summed E-state index contributed by atoms with van der Waals surface area (Å²) in [5.74, 6) is -0.622. The van der Waals surface area contributed by atoms with Crippen LogP contribution in [-0.4, -0.2) is 16.5 Å². The Hall–Kier alpha value is -1.49. The van der Waals surface area contributed by atoms with Gasteiger partial charge < -0.3 is 10.1 Å². The van der Waals surface area contributed by atoms with Crippen molar-refractivity contribution < 1.29 is 18.3 Å². The number of halogens is 3. The van der Waals surface area contributed by atoms with E-state index in [-0.39, 0.29) is 10.9 Å². The molecule has 0 amide bonds. The molecule has 2 N–H and O–H groups in total. The molecule has 0 aliphatic heterocycles. The highest BCUT2D eigenvalue weighted by atomic mass is 19.3. The van der Waals surface area contributed by atoms with E-state index < -0.39 is 18.3 Å². The maximum absolute atomic E-state index is 13.3. The Labute approximate surface area is 83.3 Å². The molecule has 2 aromatic rings. The molecule has 1 heterocycles. The van der Waals surface area contributed by atoms with Gasteiger partial charge in [-0.2, -0.15) is 0 Å². The van der Waals surface area contributed by atoms with Crippen LogP contribution in [0.5, 0.6) is 0 Å². The van der Waals surface area contributed by atoms with E-state index in [1.54, 1.807) is 6.07 Å². The number of nitrogens with one attached hydrogen (secondary N) is 1. The Morgan fingerprint density at radius 3 is 2.67 bits per heavy atom. The average Bonchev–Trinajstić information content (AvgIpc) is 2.61. The molecule has 0 fully saturated rings. The fraction of sp³-hybridized carbons (Fsp3) is 0.200. The molecule has 15 heavy (non-hydrogen) atoms. The van der Waals surface area contributed by atoms with Crippen molar-refractivity contribution in [3.8, 4) is 0 Å². The minimum Gasteiger partial charge on any atom is -0.382 e. The van der Waals surface area contributed by atoms with Crippen molar-refractivity contribution in [3.05, 3.63) is 35.8 Å². The van der Waals surface area contributed by atoms with Gasteiger partial charge in [-0.25, -0.2) is 13.2 Å². The van der Waals surface area contributed by atoms with Gasteiger partial charge in [0.05, 0.1) is 0 Å². The first kappa shape index (κ1) is 10.0. The van der Waals surface area contributed by atoms with Crippen molar-refractivity contribution in [1.82, 2.24) is 4.98 Å². The molecule has 0 aliphatic rings. The number of rotatable bonds is 2. The molecule has 80 valence electrons. The van der Waals surface area contributed by atoms with E-state index >= 15 is 0 Å². The van der Waals surface area contributed by atoms with E-state index in [0.29, 0.717) is 5.52 Å². The van der Waals surface area contributed by atoms with E-state index in [1.807, 2.05) is 0 Å². The lowest BCUT2D eigenvalue weighted by Gasteiger charge is -2.07. The molecule has 5 heteroatoms. The molecule has 2 nitrogen and oxygen atoms in total. The molecule has 0 spiro atoms. The number of aliphatic hydroxyl groups excluding tert-OH is 1. The highest BCUT2D eigenvalue weighted by Crippen LogP contribution is 2.29. The van der Waals surface area contributed by atoms with Crippen molar-refractivity contribution in [3.63, 3.8) is 0 Å². The van der Waals surface area contributed by atoms with E-state index in [4.69, 9.17) is 0 Å². The fourth-order valence-electron chi connectivity index (χ4n) is 1.53. The first-order chi connectivity index (χ1) is 7.11. The molecule has 0 bridgehead atoms. The third kappa shape index (κ3) is 1.59. The minimum absolute atomic E-state index is 0.0188. The van der Waals surface area contributed by atoms with Crippen LogP contribution in [-0.2, 0) is 0 Å². The maximum Gasteiger partial charge on any atom is 0.268 e. The normalized spacial score (nSPS) is 13.7. The second-order valence-electron chi connectivity index (χ2n) is 3.19. The summed E-state index contributed by atoms with van der Waals surface area (Å²) in [4.78, 5) is 2.63. The maximum atomic E-state index is 13.3. The number of benzene rings is 1. The average molecular weight is 215 g/mol. The number of aromatic nitrogens is 1. The molecule has 0 radical (unpaired) electrons. The highest BCUT2D eigenvalue weighted by Gasteiger charge is 2.23. The van der Waals surface area contributed by atoms with E-state index in [9.17, 15) is 18.3 Å². The summed E-state index contributed by atoms with van der Waals surface area (Å²) >= 11 is 0. The van der Waals surface area contributed by atoms with Crippen LogP contribution in [0.15, 0.2) is 24.4 Å². The van der Waals surface area contributed by atoms with E-state index in [1.165, 1.54) is 12.3 Å². The van der Waals surface area contributed by atoms with Crippen LogP contribution in [0, 0.1) is 5.82 Å². The van der Waals surface area contributed by atoms with Crippen molar-refractivity contribution in [2.45, 2.75) is 12.5 Å². The van der Waals surface area contributed by atoms with Gasteiger partial charge in [-0.3, -0.25) is 0 Å². The van der Waals surface area contributed by atoms with Gasteiger partial charge in [-0.1, -0.05) is 6.07 Å². The van der Waals surface area contributed by atoms with Gasteiger partial charge in [0.25, 0.3) is 6.43 Å². The van der Waals surface area contributed by atoms with Gasteiger partial charge >= 0.3 is 0 Å². The Balaban J connectivity index is 2.62. The number of H-pyrrole nitrogens is 1. The van der Waals surface area contributed by atoms with Crippen LogP contribution < -0.4 is 0 Å². The summed E-state index contributed by atoms with van der Waals surface area (Å²) in [7, 11) is 0. The lowest BCUT2D eigenvalue weighted by molar-refractivity contribution is -0.00501. The van der Waals surface area contributed by atoms with Gasteiger partial charge in [-0.05, 0) is 12.1 Å². The first-order valence-corrected chi connectivity index (χ1v) is 4.33. The number of alkyl halides is 2. The van der Waals surface area contributed by atoms with Crippen LogP contribution in [0.2, 0.25) is 0 Å². The Morgan fingerprint density at radius 2 is 2.00 bits per heavy atom. The van der Waals surface area contributed by atoms with Crippen molar-refractivity contribution in [1.29, 1.82) is 0 Å². The van der Waals surface area contributed by atoms with Crippen molar-refractivity contribution in [2.24, 2.45) is 0 Å². The molecule has 1 atom stereocenters. The minimum atomic E-state index is -2.93. The van der Waals surface area contributed by atoms with Crippen molar-refractivity contribution >= 4 is 10.9 Å². The predicted molar refractivity (Wildman–Crippen MR) is 49.2 cm³/mol. The molecule has 0 aliphatic carbocycles. The zero-order valence-corrected chi connectivity index (χ0v) is 7.55. The van der Waals surface area contributed by atoms with Crippen LogP contribution in [0.25, 0.3) is 10.9 Å². The SMILES string of the molecule is OC(c1c[nH]c2cccc(F)c12)C(F)F. The summed E-state index contributed by atoms with van der Waals surface area (Å²) in [6.45, 7) is 0. The quantitative estimate of drug-likeness (QED) is 0.793. The standard InChI is InChI=1S/C10H8F3NO/c11-6-2-1-3-7-8(6)5(4-14-7)9(15)10(12)13/h1-4,9-10,14-15H. The molecule has 1 aromatic carbocycles. The van der Waals surface area contributed by atoms with Gasteiger partial charge in [0.2, 0.25) is 0 Å². The summed E-state index contributed by atoms with van der Waals surface area (Å²) in [6.07, 6.45) is -3.69. The van der Waals surface area contributed by atoms with Gasteiger partial charge in [0, 0.05) is 22.7 Å². The van der Waals surface area contributed by atoms with Crippen LogP contribution in [0.4, 0.5) is 13.2 Å². The highest BCUT2D eigenvalue weighted by molar-refractivity contribution is 5.84. The van der Waals surface area contributed by atoms with Crippen molar-refractivity contribution in [2.75, 3.05) is 0 Å². The van der Waals surface area contributed by atoms with E-state index in [0.717, 1.165) is 6.07 Å². The van der Waals surface area contributed by atoms with Gasteiger partial charge in [-0.15, -0.1) is 0 Å². The van der Waals surface area contributed by atoms with Crippen LogP contribution in [0.3, 0.4) is 0 Å². The largest absolute Gasteiger partial charge is 0.382 e. The van der Waals surface area contributed by atoms with E-state index in [2.05, 4.69) is 4.98 Å². The summed E-state index contributed by atoms with van der Waals surface area (Å²) in [5.41, 5.74) is 0.280. The number of fused-ring (bicyclic) bond motifs is 1. The van der Waals surface area contributed by atoms with Gasteiger partial charge in [0.1, 0.15) is 11.9 Å². The molecular formula is C10H8F3NO. The third-order valence-electron chi connectivity index (χ3n) is 2.24. The lowest BCUT2D eigenvalue weighted by atomic mass is 10.1. The number of aliphatic hydroxyl groups is 1. The Morgan fingerprint density at radius 1 is 1.27 bits per heavy atom. The second-order valence-corrected chi connectivity index (χ2v) is 3.19. The summed E-state index contributed by atoms with van der Waals surface area (Å²) < 4.78 is 37.9. The number of hydrogen-bond donors (Lipinski definition) is 2. The summed E-state index contributed by atoms with van der Waals surface area (Å²) in [5, 5.41) is 9.19. The first-order valence-electron chi connectivity index (χ1n) is 4.33. The van der Waals surface area contributed by atoms with Crippen LogP contribution >= 0.6 is 0 Å².